The van der Waals surface area contributed by atoms with Crippen molar-refractivity contribution in [1.29, 1.82) is 0 Å². The molecule has 2 aliphatic rings. The van der Waals surface area contributed by atoms with Crippen LogP contribution >= 0.6 is 11.8 Å². The monoisotopic (exact) mass is 386 g/mol. The molecule has 27 heavy (non-hydrogen) atoms. The van der Waals surface area contributed by atoms with Crippen LogP contribution < -0.4 is 5.32 Å². The molecule has 7 heteroatoms. The fourth-order valence-electron chi connectivity index (χ4n) is 3.16. The van der Waals surface area contributed by atoms with E-state index in [0.717, 1.165) is 12.0 Å². The maximum absolute atomic E-state index is 12.9. The number of anilines is 1. The number of rotatable bonds is 6. The highest BCUT2D eigenvalue weighted by molar-refractivity contribution is 8.04. The molecule has 1 N–H and O–H groups in total. The summed E-state index contributed by atoms with van der Waals surface area (Å²) < 4.78 is 1.42. The number of hydrogen-bond acceptors (Lipinski definition) is 4. The lowest BCUT2D eigenvalue weighted by atomic mass is 10.1. The number of nitrogens with zero attached hydrogens (tertiary/aromatic N) is 2. The van der Waals surface area contributed by atoms with Gasteiger partial charge in [0.25, 0.3) is 5.91 Å². The number of carbonyl (C=O) groups is 3. The van der Waals surface area contributed by atoms with E-state index in [1.54, 1.807) is 11.5 Å². The highest BCUT2D eigenvalue weighted by Gasteiger charge is 2.49. The predicted molar refractivity (Wildman–Crippen MR) is 107 cm³/mol. The minimum absolute atomic E-state index is 0.117. The number of benzene rings is 1. The summed E-state index contributed by atoms with van der Waals surface area (Å²) in [6.45, 7) is 6.19. The lowest BCUT2D eigenvalue weighted by Crippen LogP contribution is -2.57. The first kappa shape index (κ1) is 19.4. The Morgan fingerprint density at radius 1 is 1.33 bits per heavy atom. The predicted octanol–water partition coefficient (Wildman–Crippen LogP) is 2.89. The van der Waals surface area contributed by atoms with E-state index in [1.807, 2.05) is 38.1 Å². The lowest BCUT2D eigenvalue weighted by Gasteiger charge is -2.25. The van der Waals surface area contributed by atoms with Crippen LogP contribution in [-0.4, -0.2) is 51.4 Å². The molecule has 1 aromatic rings. The molecule has 3 rings (SSSR count). The first-order valence-electron chi connectivity index (χ1n) is 9.11. The van der Waals surface area contributed by atoms with Gasteiger partial charge in [-0.15, -0.1) is 11.8 Å². The summed E-state index contributed by atoms with van der Waals surface area (Å²) in [6, 6.07) is 7.21. The van der Waals surface area contributed by atoms with Crippen LogP contribution in [0.2, 0.25) is 0 Å². The molecule has 2 heterocycles. The van der Waals surface area contributed by atoms with E-state index in [2.05, 4.69) is 12.2 Å². The molecule has 6 nitrogen and oxygen atoms in total. The van der Waals surface area contributed by atoms with E-state index >= 15 is 0 Å². The average molecular weight is 386 g/mol. The highest BCUT2D eigenvalue weighted by atomic mass is 32.2. The topological polar surface area (TPSA) is 69.5 Å². The first-order chi connectivity index (χ1) is 12.9. The van der Waals surface area contributed by atoms with Gasteiger partial charge in [0.05, 0.1) is 6.54 Å². The number of urea groups is 1. The molecule has 1 unspecified atom stereocenters. The van der Waals surface area contributed by atoms with Crippen molar-refractivity contribution < 1.29 is 19.0 Å². The van der Waals surface area contributed by atoms with E-state index < -0.39 is 11.3 Å². The van der Waals surface area contributed by atoms with Crippen LogP contribution in [0.5, 0.6) is 0 Å². The van der Waals surface area contributed by atoms with Gasteiger partial charge in [0.2, 0.25) is 0 Å². The van der Waals surface area contributed by atoms with E-state index in [-0.39, 0.29) is 24.3 Å². The Kier molecular flexibility index (Phi) is 5.79. The largest absolute Gasteiger partial charge is 0.501 e. The van der Waals surface area contributed by atoms with Gasteiger partial charge in [0, 0.05) is 5.69 Å². The molecule has 4 amide bonds. The van der Waals surface area contributed by atoms with Crippen molar-refractivity contribution in [1.82, 2.24) is 4.90 Å². The van der Waals surface area contributed by atoms with Gasteiger partial charge in [-0.25, -0.2) is 4.79 Å². The Labute approximate surface area is 163 Å². The molecule has 1 aromatic carbocycles. The Bertz CT molecular complexity index is 845. The number of carbonyl (C=O) groups excluding carboxylic acids is 3. The van der Waals surface area contributed by atoms with Crippen molar-refractivity contribution in [2.24, 2.45) is 5.92 Å². The number of aryl methyl sites for hydroxylation is 1. The van der Waals surface area contributed by atoms with Gasteiger partial charge in [-0.3, -0.25) is 4.79 Å². The molecule has 0 bridgehead atoms. The van der Waals surface area contributed by atoms with Gasteiger partial charge < -0.3 is 5.32 Å². The Morgan fingerprint density at radius 2 is 2.11 bits per heavy atom. The average Bonchev–Trinajstić information content (AvgIpc) is 3.12. The zero-order chi connectivity index (χ0) is 19.6. The van der Waals surface area contributed by atoms with Gasteiger partial charge in [-0.05, 0) is 41.5 Å². The minimum Gasteiger partial charge on any atom is -0.323 e. The number of allylic oxidation sites excluding steroid dienone is 1. The number of imide groups is 1. The molecule has 0 fully saturated rings. The normalized spacial score (nSPS) is 19.1. The number of amides is 4. The molecule has 2 aliphatic heterocycles. The minimum atomic E-state index is -0.447. The van der Waals surface area contributed by atoms with Crippen molar-refractivity contribution in [3.63, 3.8) is 0 Å². The summed E-state index contributed by atoms with van der Waals surface area (Å²) in [5, 5.41) is 4.21. The Hall–Kier alpha value is -2.41. The maximum atomic E-state index is 12.9. The second-order valence-electron chi connectivity index (χ2n) is 7.06. The zero-order valence-corrected chi connectivity index (χ0v) is 16.6. The van der Waals surface area contributed by atoms with E-state index in [1.165, 1.54) is 21.2 Å². The summed E-state index contributed by atoms with van der Waals surface area (Å²) in [5.41, 5.74) is 2.42. The van der Waals surface area contributed by atoms with Crippen LogP contribution in [0, 0.1) is 5.92 Å². The standard InChI is InChI=1S/C20H23N3O3S/c1-4-14-6-5-7-15(10-14)21-17(24)12-22-16-8-9-27-18(16)19(25)23(20(22)26)11-13(2)3/h5-10,13,18H,4,11-12H2,1-3H3/p+1. The zero-order valence-electron chi connectivity index (χ0n) is 15.8. The van der Waals surface area contributed by atoms with E-state index in [0.29, 0.717) is 17.9 Å². The van der Waals surface area contributed by atoms with Crippen LogP contribution in [0.25, 0.3) is 0 Å². The third-order valence-corrected chi connectivity index (χ3v) is 5.46. The quantitative estimate of drug-likeness (QED) is 0.764. The maximum Gasteiger partial charge on any atom is 0.501 e. The van der Waals surface area contributed by atoms with Gasteiger partial charge >= 0.3 is 11.9 Å². The fourth-order valence-corrected chi connectivity index (χ4v) is 4.12. The lowest BCUT2D eigenvalue weighted by molar-refractivity contribution is -0.426. The summed E-state index contributed by atoms with van der Waals surface area (Å²) in [6.07, 6.45) is 2.63. The number of hydrogen-bond donors (Lipinski definition) is 1. The van der Waals surface area contributed by atoms with Crippen LogP contribution in [0.15, 0.2) is 35.7 Å². The summed E-state index contributed by atoms with van der Waals surface area (Å²) in [5.74, 6) is -0.329. The van der Waals surface area contributed by atoms with Crippen molar-refractivity contribution in [2.75, 3.05) is 18.4 Å². The van der Waals surface area contributed by atoms with Crippen molar-refractivity contribution in [2.45, 2.75) is 32.4 Å². The third-order valence-electron chi connectivity index (χ3n) is 4.45. The van der Waals surface area contributed by atoms with E-state index in [9.17, 15) is 14.4 Å². The summed E-state index contributed by atoms with van der Waals surface area (Å²) >= 11 is 1.37. The SMILES string of the molecule is CCc1cccc(NC(=O)C[N+]2=C3C=CSC3C(=O)N(CC(C)C)C2=O)c1. The molecule has 142 valence electrons. The van der Waals surface area contributed by atoms with Crippen molar-refractivity contribution >= 4 is 41.0 Å². The van der Waals surface area contributed by atoms with Gasteiger partial charge in [0.15, 0.2) is 11.8 Å². The molecule has 0 radical (unpaired) electrons. The van der Waals surface area contributed by atoms with Gasteiger partial charge in [0.1, 0.15) is 5.71 Å². The second-order valence-corrected chi connectivity index (χ2v) is 8.07. The fraction of sp³-hybridized carbons (Fsp3) is 0.400. The first-order valence-corrected chi connectivity index (χ1v) is 10.1. The van der Waals surface area contributed by atoms with Crippen LogP contribution in [0.4, 0.5) is 10.5 Å². The van der Waals surface area contributed by atoms with Crippen LogP contribution in [-0.2, 0) is 16.0 Å². The molecule has 0 aromatic heterocycles. The van der Waals surface area contributed by atoms with Crippen LogP contribution in [0.1, 0.15) is 26.3 Å². The van der Waals surface area contributed by atoms with E-state index in [4.69, 9.17) is 0 Å². The van der Waals surface area contributed by atoms with Crippen LogP contribution in [0.3, 0.4) is 0 Å². The second kappa shape index (κ2) is 8.08. The third kappa shape index (κ3) is 4.13. The molecular weight excluding hydrogens is 362 g/mol. The molecule has 0 saturated carbocycles. The molecular formula is C20H24N3O3S+. The molecule has 0 spiro atoms. The van der Waals surface area contributed by atoms with Crippen molar-refractivity contribution in [3.8, 4) is 0 Å². The smallest absolute Gasteiger partial charge is 0.323 e. The summed E-state index contributed by atoms with van der Waals surface area (Å²) in [7, 11) is 0. The molecule has 0 aliphatic carbocycles. The number of nitrogens with one attached hydrogen (secondary N) is 1. The Morgan fingerprint density at radius 3 is 2.81 bits per heavy atom. The van der Waals surface area contributed by atoms with Gasteiger partial charge in [-0.1, -0.05) is 32.9 Å². The van der Waals surface area contributed by atoms with Crippen molar-refractivity contribution in [3.05, 3.63) is 41.3 Å². The molecule has 0 saturated heterocycles. The Balaban J connectivity index is 1.81. The number of thioether (sulfide) groups is 1. The summed E-state index contributed by atoms with van der Waals surface area (Å²) in [4.78, 5) is 39.4. The molecule has 1 atom stereocenters. The van der Waals surface area contributed by atoms with Gasteiger partial charge in [-0.2, -0.15) is 14.3 Å². The highest BCUT2D eigenvalue weighted by Crippen LogP contribution is 2.28. The number of fused-ring (bicyclic) bond motifs is 1.